The van der Waals surface area contributed by atoms with Crippen molar-refractivity contribution in [3.8, 4) is 0 Å². The molecule has 1 saturated carbocycles. The molecule has 1 aliphatic carbocycles. The zero-order chi connectivity index (χ0) is 9.26. The van der Waals surface area contributed by atoms with Crippen molar-refractivity contribution in [1.29, 1.82) is 0 Å². The smallest absolute Gasteiger partial charge is 0.252 e. The first-order valence-corrected chi connectivity index (χ1v) is 4.55. The summed E-state index contributed by atoms with van der Waals surface area (Å²) in [7, 11) is 0. The summed E-state index contributed by atoms with van der Waals surface area (Å²) in [5, 5.41) is 2.86. The molecule has 5 heteroatoms. The van der Waals surface area contributed by atoms with Gasteiger partial charge in [0.25, 0.3) is 5.91 Å². The van der Waals surface area contributed by atoms with E-state index in [9.17, 15) is 4.79 Å². The van der Waals surface area contributed by atoms with Crippen molar-refractivity contribution >= 4 is 5.91 Å². The van der Waals surface area contributed by atoms with E-state index in [1.807, 2.05) is 0 Å². The van der Waals surface area contributed by atoms with E-state index >= 15 is 0 Å². The third-order valence-electron chi connectivity index (χ3n) is 2.28. The number of hydrogen-bond acceptors (Lipinski definition) is 4. The van der Waals surface area contributed by atoms with Gasteiger partial charge in [-0.2, -0.15) is 0 Å². The maximum atomic E-state index is 11.5. The molecule has 1 heterocycles. The molecular formula is C8H14N2O3. The lowest BCUT2D eigenvalue weighted by atomic mass is 10.2. The predicted octanol–water partition coefficient (Wildman–Crippen LogP) is -1.03. The Morgan fingerprint density at radius 1 is 1.46 bits per heavy atom. The van der Waals surface area contributed by atoms with Crippen molar-refractivity contribution < 1.29 is 14.3 Å². The Balaban J connectivity index is 1.86. The molecule has 74 valence electrons. The molecule has 0 radical (unpaired) electrons. The van der Waals surface area contributed by atoms with Gasteiger partial charge in [0.05, 0.1) is 0 Å². The monoisotopic (exact) mass is 186 g/mol. The molecule has 2 fully saturated rings. The molecule has 1 aliphatic heterocycles. The van der Waals surface area contributed by atoms with E-state index in [1.54, 1.807) is 0 Å². The molecule has 0 aromatic rings. The van der Waals surface area contributed by atoms with E-state index in [1.165, 1.54) is 0 Å². The van der Waals surface area contributed by atoms with E-state index in [2.05, 4.69) is 5.32 Å². The maximum absolute atomic E-state index is 11.5. The highest BCUT2D eigenvalue weighted by atomic mass is 16.7. The minimum absolute atomic E-state index is 0.0875. The number of rotatable bonds is 3. The number of ether oxygens (including phenoxy) is 2. The van der Waals surface area contributed by atoms with Crippen molar-refractivity contribution in [3.05, 3.63) is 0 Å². The number of hydrogen-bond donors (Lipinski definition) is 2. The van der Waals surface area contributed by atoms with Gasteiger partial charge in [0.2, 0.25) is 0 Å². The third kappa shape index (κ3) is 1.99. The largest absolute Gasteiger partial charge is 0.351 e. The molecular weight excluding hydrogens is 172 g/mol. The van der Waals surface area contributed by atoms with E-state index in [0.29, 0.717) is 12.6 Å². The van der Waals surface area contributed by atoms with Gasteiger partial charge in [-0.15, -0.1) is 0 Å². The number of amides is 1. The lowest BCUT2D eigenvalue weighted by Gasteiger charge is -2.14. The first kappa shape index (κ1) is 8.93. The van der Waals surface area contributed by atoms with Crippen LogP contribution in [0.15, 0.2) is 0 Å². The molecule has 2 rings (SSSR count). The molecule has 0 bridgehead atoms. The molecule has 0 aromatic heterocycles. The van der Waals surface area contributed by atoms with Crippen LogP contribution in [0, 0.1) is 0 Å². The SMILES string of the molecule is NC[C@H]1OCO[C@@H]1C(=O)NC1CC1. The van der Waals surface area contributed by atoms with Crippen LogP contribution in [0.25, 0.3) is 0 Å². The second-order valence-electron chi connectivity index (χ2n) is 3.43. The molecule has 1 saturated heterocycles. The lowest BCUT2D eigenvalue weighted by Crippen LogP contribution is -2.44. The topological polar surface area (TPSA) is 73.6 Å². The lowest BCUT2D eigenvalue weighted by molar-refractivity contribution is -0.130. The summed E-state index contributed by atoms with van der Waals surface area (Å²) in [6.45, 7) is 0.493. The summed E-state index contributed by atoms with van der Waals surface area (Å²) in [6.07, 6.45) is 1.36. The van der Waals surface area contributed by atoms with Gasteiger partial charge in [0.15, 0.2) is 6.10 Å². The van der Waals surface area contributed by atoms with Crippen molar-refractivity contribution in [2.75, 3.05) is 13.3 Å². The highest BCUT2D eigenvalue weighted by Crippen LogP contribution is 2.20. The van der Waals surface area contributed by atoms with Crippen LogP contribution in [-0.2, 0) is 14.3 Å². The Morgan fingerprint density at radius 2 is 2.23 bits per heavy atom. The predicted molar refractivity (Wildman–Crippen MR) is 44.8 cm³/mol. The zero-order valence-corrected chi connectivity index (χ0v) is 7.36. The Labute approximate surface area is 76.6 Å². The van der Waals surface area contributed by atoms with Gasteiger partial charge in [-0.25, -0.2) is 0 Å². The Morgan fingerprint density at radius 3 is 2.85 bits per heavy atom. The van der Waals surface area contributed by atoms with Crippen LogP contribution in [0.4, 0.5) is 0 Å². The molecule has 2 atom stereocenters. The average molecular weight is 186 g/mol. The van der Waals surface area contributed by atoms with Crippen LogP contribution < -0.4 is 11.1 Å². The van der Waals surface area contributed by atoms with Gasteiger partial charge in [-0.1, -0.05) is 0 Å². The van der Waals surface area contributed by atoms with Crippen LogP contribution in [0.3, 0.4) is 0 Å². The first-order valence-electron chi connectivity index (χ1n) is 4.55. The molecule has 0 spiro atoms. The number of carbonyl (C=O) groups is 1. The van der Waals surface area contributed by atoms with Gasteiger partial charge in [0.1, 0.15) is 12.9 Å². The minimum atomic E-state index is -0.509. The molecule has 1 amide bonds. The summed E-state index contributed by atoms with van der Waals surface area (Å²) >= 11 is 0. The molecule has 2 aliphatic rings. The average Bonchev–Trinajstić information content (AvgIpc) is 2.82. The number of nitrogens with one attached hydrogen (secondary N) is 1. The Hall–Kier alpha value is -0.650. The Kier molecular flexibility index (Phi) is 2.48. The molecule has 5 nitrogen and oxygen atoms in total. The summed E-state index contributed by atoms with van der Waals surface area (Å²) < 4.78 is 10.3. The van der Waals surface area contributed by atoms with Crippen LogP contribution >= 0.6 is 0 Å². The molecule has 0 aromatic carbocycles. The molecule has 13 heavy (non-hydrogen) atoms. The molecule has 3 N–H and O–H groups in total. The van der Waals surface area contributed by atoms with Crippen molar-refractivity contribution in [2.45, 2.75) is 31.1 Å². The van der Waals surface area contributed by atoms with Crippen molar-refractivity contribution in [3.63, 3.8) is 0 Å². The standard InChI is InChI=1S/C8H14N2O3/c9-3-6-7(13-4-12-6)8(11)10-5-1-2-5/h5-7H,1-4,9H2,(H,10,11)/t6-,7+/m1/s1. The minimum Gasteiger partial charge on any atom is -0.351 e. The van der Waals surface area contributed by atoms with Crippen molar-refractivity contribution in [1.82, 2.24) is 5.32 Å². The Bertz CT molecular complexity index is 206. The quantitative estimate of drug-likeness (QED) is 0.590. The van der Waals surface area contributed by atoms with E-state index in [-0.39, 0.29) is 18.8 Å². The fourth-order valence-corrected chi connectivity index (χ4v) is 1.34. The van der Waals surface area contributed by atoms with Crippen LogP contribution in [-0.4, -0.2) is 37.5 Å². The zero-order valence-electron chi connectivity index (χ0n) is 7.36. The summed E-state index contributed by atoms with van der Waals surface area (Å²) in [6, 6.07) is 0.357. The fraction of sp³-hybridized carbons (Fsp3) is 0.875. The van der Waals surface area contributed by atoms with Crippen LogP contribution in [0.5, 0.6) is 0 Å². The van der Waals surface area contributed by atoms with E-state index in [0.717, 1.165) is 12.8 Å². The normalized spacial score (nSPS) is 33.3. The van der Waals surface area contributed by atoms with Gasteiger partial charge in [-0.05, 0) is 12.8 Å². The number of nitrogens with two attached hydrogens (primary N) is 1. The molecule has 0 unspecified atom stereocenters. The number of carbonyl (C=O) groups excluding carboxylic acids is 1. The highest BCUT2D eigenvalue weighted by molar-refractivity contribution is 5.82. The highest BCUT2D eigenvalue weighted by Gasteiger charge is 2.36. The van der Waals surface area contributed by atoms with Crippen LogP contribution in [0.1, 0.15) is 12.8 Å². The van der Waals surface area contributed by atoms with E-state index < -0.39 is 6.10 Å². The second kappa shape index (κ2) is 3.61. The van der Waals surface area contributed by atoms with Crippen molar-refractivity contribution in [2.24, 2.45) is 5.73 Å². The van der Waals surface area contributed by atoms with E-state index in [4.69, 9.17) is 15.2 Å². The summed E-state index contributed by atoms with van der Waals surface area (Å²) in [5.74, 6) is -0.0875. The summed E-state index contributed by atoms with van der Waals surface area (Å²) in [4.78, 5) is 11.5. The van der Waals surface area contributed by atoms with Gasteiger partial charge in [0, 0.05) is 12.6 Å². The van der Waals surface area contributed by atoms with Gasteiger partial charge < -0.3 is 20.5 Å². The first-order chi connectivity index (χ1) is 6.31. The maximum Gasteiger partial charge on any atom is 0.252 e. The fourth-order valence-electron chi connectivity index (χ4n) is 1.34. The second-order valence-corrected chi connectivity index (χ2v) is 3.43. The third-order valence-corrected chi connectivity index (χ3v) is 2.28. The van der Waals surface area contributed by atoms with Gasteiger partial charge >= 0.3 is 0 Å². The van der Waals surface area contributed by atoms with Crippen LogP contribution in [0.2, 0.25) is 0 Å². The van der Waals surface area contributed by atoms with Gasteiger partial charge in [-0.3, -0.25) is 4.79 Å². The summed E-state index contributed by atoms with van der Waals surface area (Å²) in [5.41, 5.74) is 5.42.